The summed E-state index contributed by atoms with van der Waals surface area (Å²) in [7, 11) is -3.69. The van der Waals surface area contributed by atoms with E-state index in [-0.39, 0.29) is 29.8 Å². The van der Waals surface area contributed by atoms with E-state index in [0.717, 1.165) is 18.4 Å². The standard InChI is InChI=1S/C18H26N2O5S/c1-12(2)14-4-8-16(9-5-14)26(23,24)19-11-10-17(21)25-13(3)18(22)20-15-6-7-15/h4-5,8-9,12-13,15,19H,6-7,10-11H2,1-3H3,(H,20,22)/t13-/m1/s1. The Bertz CT molecular complexity index is 739. The Balaban J connectivity index is 1.77. The summed E-state index contributed by atoms with van der Waals surface area (Å²) >= 11 is 0. The average Bonchev–Trinajstić information content (AvgIpc) is 3.38. The van der Waals surface area contributed by atoms with Crippen LogP contribution < -0.4 is 10.0 Å². The van der Waals surface area contributed by atoms with Crippen LogP contribution in [0.15, 0.2) is 29.2 Å². The van der Waals surface area contributed by atoms with E-state index >= 15 is 0 Å². The fourth-order valence-electron chi connectivity index (χ4n) is 2.26. The van der Waals surface area contributed by atoms with E-state index in [2.05, 4.69) is 10.0 Å². The van der Waals surface area contributed by atoms with Crippen molar-refractivity contribution in [3.05, 3.63) is 29.8 Å². The van der Waals surface area contributed by atoms with Gasteiger partial charge in [0, 0.05) is 12.6 Å². The maximum atomic E-state index is 12.2. The molecule has 1 aliphatic carbocycles. The number of rotatable bonds is 9. The van der Waals surface area contributed by atoms with Crippen molar-refractivity contribution in [1.82, 2.24) is 10.0 Å². The Morgan fingerprint density at radius 1 is 1.15 bits per heavy atom. The lowest BCUT2D eigenvalue weighted by atomic mass is 10.0. The molecule has 0 bridgehead atoms. The molecule has 2 rings (SSSR count). The lowest BCUT2D eigenvalue weighted by Gasteiger charge is -2.13. The van der Waals surface area contributed by atoms with E-state index in [1.807, 2.05) is 13.8 Å². The number of nitrogens with one attached hydrogen (secondary N) is 2. The Morgan fingerprint density at radius 2 is 1.77 bits per heavy atom. The number of benzene rings is 1. The first-order chi connectivity index (χ1) is 12.2. The summed E-state index contributed by atoms with van der Waals surface area (Å²) in [4.78, 5) is 23.6. The number of carbonyl (C=O) groups is 2. The molecule has 0 aliphatic heterocycles. The van der Waals surface area contributed by atoms with Crippen LogP contribution in [-0.4, -0.2) is 39.0 Å². The van der Waals surface area contributed by atoms with E-state index < -0.39 is 22.1 Å². The van der Waals surface area contributed by atoms with Crippen LogP contribution in [0.5, 0.6) is 0 Å². The minimum absolute atomic E-state index is 0.0932. The lowest BCUT2D eigenvalue weighted by molar-refractivity contribution is -0.154. The maximum Gasteiger partial charge on any atom is 0.307 e. The molecule has 26 heavy (non-hydrogen) atoms. The van der Waals surface area contributed by atoms with Crippen molar-refractivity contribution in [3.63, 3.8) is 0 Å². The zero-order valence-electron chi connectivity index (χ0n) is 15.3. The summed E-state index contributed by atoms with van der Waals surface area (Å²) in [5, 5.41) is 2.75. The molecule has 0 saturated heterocycles. The molecule has 8 heteroatoms. The zero-order valence-corrected chi connectivity index (χ0v) is 16.1. The van der Waals surface area contributed by atoms with Crippen molar-refractivity contribution in [2.45, 2.75) is 63.0 Å². The second-order valence-corrected chi connectivity index (χ2v) is 8.55. The van der Waals surface area contributed by atoms with Crippen LogP contribution in [0.25, 0.3) is 0 Å². The molecule has 0 spiro atoms. The second kappa shape index (κ2) is 8.64. The highest BCUT2D eigenvalue weighted by molar-refractivity contribution is 7.89. The van der Waals surface area contributed by atoms with Crippen LogP contribution in [0, 0.1) is 0 Å². The molecule has 1 aromatic carbocycles. The van der Waals surface area contributed by atoms with Gasteiger partial charge in [0.05, 0.1) is 11.3 Å². The summed E-state index contributed by atoms with van der Waals surface area (Å²) in [5.74, 6) is -0.637. The number of carbonyl (C=O) groups excluding carboxylic acids is 2. The molecule has 1 amide bonds. The van der Waals surface area contributed by atoms with Crippen molar-refractivity contribution >= 4 is 21.9 Å². The SMILES string of the molecule is CC(C)c1ccc(S(=O)(=O)NCCC(=O)O[C@H](C)C(=O)NC2CC2)cc1. The Kier molecular flexibility index (Phi) is 6.77. The second-order valence-electron chi connectivity index (χ2n) is 6.79. The normalized spacial score (nSPS) is 15.5. The molecule has 1 atom stereocenters. The molecule has 1 saturated carbocycles. The third-order valence-electron chi connectivity index (χ3n) is 4.08. The smallest absolute Gasteiger partial charge is 0.307 e. The largest absolute Gasteiger partial charge is 0.453 e. The highest BCUT2D eigenvalue weighted by Crippen LogP contribution is 2.19. The number of hydrogen-bond acceptors (Lipinski definition) is 5. The first-order valence-electron chi connectivity index (χ1n) is 8.78. The van der Waals surface area contributed by atoms with Crippen molar-refractivity contribution in [3.8, 4) is 0 Å². The van der Waals surface area contributed by atoms with Crippen LogP contribution in [0.4, 0.5) is 0 Å². The summed E-state index contributed by atoms with van der Waals surface area (Å²) < 4.78 is 31.8. The molecule has 0 unspecified atom stereocenters. The molecule has 1 aromatic rings. The predicted octanol–water partition coefficient (Wildman–Crippen LogP) is 1.69. The van der Waals surface area contributed by atoms with Crippen molar-refractivity contribution in [2.75, 3.05) is 6.54 Å². The van der Waals surface area contributed by atoms with Crippen molar-refractivity contribution in [2.24, 2.45) is 0 Å². The van der Waals surface area contributed by atoms with E-state index in [1.54, 1.807) is 24.3 Å². The highest BCUT2D eigenvalue weighted by Gasteiger charge is 2.27. The van der Waals surface area contributed by atoms with E-state index in [1.165, 1.54) is 6.92 Å². The first-order valence-corrected chi connectivity index (χ1v) is 10.3. The molecule has 0 heterocycles. The van der Waals surface area contributed by atoms with Crippen LogP contribution in [-0.2, 0) is 24.3 Å². The number of hydrogen-bond donors (Lipinski definition) is 2. The maximum absolute atomic E-state index is 12.2. The van der Waals surface area contributed by atoms with Crippen LogP contribution in [0.3, 0.4) is 0 Å². The lowest BCUT2D eigenvalue weighted by Crippen LogP contribution is -2.37. The first kappa shape index (κ1) is 20.4. The molecule has 1 aliphatic rings. The van der Waals surface area contributed by atoms with Gasteiger partial charge in [0.15, 0.2) is 6.10 Å². The fourth-order valence-corrected chi connectivity index (χ4v) is 3.29. The van der Waals surface area contributed by atoms with Gasteiger partial charge < -0.3 is 10.1 Å². The quantitative estimate of drug-likeness (QED) is 0.633. The molecular weight excluding hydrogens is 356 g/mol. The summed E-state index contributed by atoms with van der Waals surface area (Å²) in [5.41, 5.74) is 1.05. The van der Waals surface area contributed by atoms with Gasteiger partial charge in [-0.1, -0.05) is 26.0 Å². The Morgan fingerprint density at radius 3 is 2.31 bits per heavy atom. The predicted molar refractivity (Wildman–Crippen MR) is 97.1 cm³/mol. The van der Waals surface area contributed by atoms with Gasteiger partial charge in [-0.05, 0) is 43.4 Å². The van der Waals surface area contributed by atoms with Gasteiger partial charge in [0.2, 0.25) is 10.0 Å². The number of sulfonamides is 1. The summed E-state index contributed by atoms with van der Waals surface area (Å²) in [6, 6.07) is 6.82. The average molecular weight is 382 g/mol. The molecule has 2 N–H and O–H groups in total. The molecule has 0 aromatic heterocycles. The fraction of sp³-hybridized carbons (Fsp3) is 0.556. The van der Waals surface area contributed by atoms with Gasteiger partial charge in [-0.25, -0.2) is 13.1 Å². The Hall–Kier alpha value is -1.93. The molecular formula is C18H26N2O5S. The van der Waals surface area contributed by atoms with Crippen LogP contribution >= 0.6 is 0 Å². The third kappa shape index (κ3) is 6.10. The minimum Gasteiger partial charge on any atom is -0.453 e. The van der Waals surface area contributed by atoms with Crippen molar-refractivity contribution in [1.29, 1.82) is 0 Å². The molecule has 1 fully saturated rings. The van der Waals surface area contributed by atoms with Gasteiger partial charge in [-0.15, -0.1) is 0 Å². The summed E-state index contributed by atoms with van der Waals surface area (Å²) in [6.07, 6.45) is 0.867. The minimum atomic E-state index is -3.69. The van der Waals surface area contributed by atoms with E-state index in [9.17, 15) is 18.0 Å². The van der Waals surface area contributed by atoms with E-state index in [0.29, 0.717) is 5.92 Å². The highest BCUT2D eigenvalue weighted by atomic mass is 32.2. The van der Waals surface area contributed by atoms with Gasteiger partial charge in [0.1, 0.15) is 0 Å². The van der Waals surface area contributed by atoms with Crippen LogP contribution in [0.2, 0.25) is 0 Å². The topological polar surface area (TPSA) is 102 Å². The number of amides is 1. The van der Waals surface area contributed by atoms with Crippen molar-refractivity contribution < 1.29 is 22.7 Å². The monoisotopic (exact) mass is 382 g/mol. The van der Waals surface area contributed by atoms with Gasteiger partial charge >= 0.3 is 5.97 Å². The Labute approximate surface area is 154 Å². The van der Waals surface area contributed by atoms with Gasteiger partial charge in [-0.2, -0.15) is 0 Å². The molecule has 7 nitrogen and oxygen atoms in total. The van der Waals surface area contributed by atoms with Gasteiger partial charge in [-0.3, -0.25) is 9.59 Å². The molecule has 0 radical (unpaired) electrons. The zero-order chi connectivity index (χ0) is 19.3. The third-order valence-corrected chi connectivity index (χ3v) is 5.56. The number of ether oxygens (including phenoxy) is 1. The van der Waals surface area contributed by atoms with Crippen LogP contribution in [0.1, 0.15) is 51.5 Å². The number of esters is 1. The van der Waals surface area contributed by atoms with E-state index in [4.69, 9.17) is 4.74 Å². The van der Waals surface area contributed by atoms with Gasteiger partial charge in [0.25, 0.3) is 5.91 Å². The molecule has 144 valence electrons. The summed E-state index contributed by atoms with van der Waals surface area (Å²) in [6.45, 7) is 5.46.